The summed E-state index contributed by atoms with van der Waals surface area (Å²) >= 11 is 0. The van der Waals surface area contributed by atoms with Crippen molar-refractivity contribution in [3.8, 4) is 0 Å². The van der Waals surface area contributed by atoms with Gasteiger partial charge in [0.05, 0.1) is 0 Å². The number of benzene rings is 1. The number of hydrogen-bond acceptors (Lipinski definition) is 3. The normalized spacial score (nSPS) is 25.9. The van der Waals surface area contributed by atoms with Crippen molar-refractivity contribution in [3.63, 3.8) is 0 Å². The van der Waals surface area contributed by atoms with Gasteiger partial charge < -0.3 is 4.57 Å². The van der Waals surface area contributed by atoms with Gasteiger partial charge in [0.25, 0.3) is 0 Å². The molecule has 1 aliphatic heterocycles. The van der Waals surface area contributed by atoms with Crippen LogP contribution in [0.5, 0.6) is 0 Å². The van der Waals surface area contributed by atoms with Gasteiger partial charge in [0.2, 0.25) is 0 Å². The van der Waals surface area contributed by atoms with E-state index >= 15 is 0 Å². The molecule has 3 rings (SSSR count). The molecule has 0 bridgehead atoms. The second-order valence-corrected chi connectivity index (χ2v) is 9.61. The molecule has 98 valence electrons. The van der Waals surface area contributed by atoms with Crippen LogP contribution in [0.15, 0.2) is 30.6 Å². The van der Waals surface area contributed by atoms with Crippen LogP contribution < -0.4 is 10.6 Å². The van der Waals surface area contributed by atoms with Crippen LogP contribution in [-0.2, 0) is 7.05 Å². The summed E-state index contributed by atoms with van der Waals surface area (Å²) < 4.78 is 2.05. The summed E-state index contributed by atoms with van der Waals surface area (Å²) in [6.45, 7) is 2.28. The smallest absolute Gasteiger partial charge is 0.165 e. The van der Waals surface area contributed by atoms with Crippen LogP contribution in [0.25, 0.3) is 0 Å². The van der Waals surface area contributed by atoms with E-state index in [-0.39, 0.29) is 0 Å². The molecule has 0 atom stereocenters. The molecule has 0 N–H and O–H groups in total. The van der Waals surface area contributed by atoms with E-state index < -0.39 is 8.07 Å². The van der Waals surface area contributed by atoms with E-state index in [0.29, 0.717) is 0 Å². The van der Waals surface area contributed by atoms with Gasteiger partial charge in [-0.3, -0.25) is 4.79 Å². The number of rotatable bonds is 3. The molecule has 2 aromatic rings. The van der Waals surface area contributed by atoms with Crippen molar-refractivity contribution in [2.45, 2.75) is 19.0 Å². The first-order valence-electron chi connectivity index (χ1n) is 6.56. The summed E-state index contributed by atoms with van der Waals surface area (Å²) in [5.41, 5.74) is 1.89. The molecule has 1 fully saturated rings. The van der Waals surface area contributed by atoms with Crippen LogP contribution in [0.4, 0.5) is 0 Å². The summed E-state index contributed by atoms with van der Waals surface area (Å²) in [6.07, 6.45) is 2.70. The first-order chi connectivity index (χ1) is 9.15. The minimum atomic E-state index is -1.77. The predicted octanol–water partition coefficient (Wildman–Crippen LogP) is 0.840. The van der Waals surface area contributed by atoms with E-state index in [1.54, 1.807) is 6.33 Å². The maximum Gasteiger partial charge on any atom is 0.165 e. The van der Waals surface area contributed by atoms with E-state index in [9.17, 15) is 4.79 Å². The van der Waals surface area contributed by atoms with Crippen molar-refractivity contribution in [2.24, 2.45) is 13.0 Å². The van der Waals surface area contributed by atoms with Gasteiger partial charge in [0.15, 0.2) is 8.07 Å². The van der Waals surface area contributed by atoms with E-state index in [1.165, 1.54) is 17.3 Å². The Kier molecular flexibility index (Phi) is 2.86. The minimum Gasteiger partial charge on any atom is -0.324 e. The first kappa shape index (κ1) is 12.3. The van der Waals surface area contributed by atoms with Gasteiger partial charge in [-0.15, -0.1) is 10.2 Å². The zero-order valence-corrected chi connectivity index (χ0v) is 12.2. The Labute approximate surface area is 113 Å². The Morgan fingerprint density at radius 1 is 1.42 bits per heavy atom. The number of carbonyl (C=O) groups excluding carboxylic acids is 1. The highest BCUT2D eigenvalue weighted by Gasteiger charge is 2.50. The number of aryl methyl sites for hydroxylation is 1. The highest BCUT2D eigenvalue weighted by Crippen LogP contribution is 2.37. The van der Waals surface area contributed by atoms with Gasteiger partial charge in [-0.1, -0.05) is 31.2 Å². The van der Waals surface area contributed by atoms with E-state index in [0.717, 1.165) is 23.2 Å². The maximum atomic E-state index is 11.0. The lowest BCUT2D eigenvalue weighted by Crippen LogP contribution is -2.68. The number of aromatic nitrogens is 3. The van der Waals surface area contributed by atoms with Gasteiger partial charge in [-0.05, 0) is 23.2 Å². The summed E-state index contributed by atoms with van der Waals surface area (Å²) in [6, 6.07) is 10.4. The van der Waals surface area contributed by atoms with Crippen molar-refractivity contribution in [3.05, 3.63) is 36.2 Å². The Hall–Kier alpha value is -1.75. The molecule has 1 aromatic carbocycles. The summed E-state index contributed by atoms with van der Waals surface area (Å²) in [5, 5.41) is 9.71. The van der Waals surface area contributed by atoms with Crippen LogP contribution in [0.2, 0.25) is 12.1 Å². The molecule has 0 amide bonds. The Morgan fingerprint density at radius 3 is 2.79 bits per heavy atom. The van der Waals surface area contributed by atoms with Crippen molar-refractivity contribution >= 4 is 25.0 Å². The van der Waals surface area contributed by atoms with Gasteiger partial charge in [-0.25, -0.2) is 0 Å². The van der Waals surface area contributed by atoms with Crippen LogP contribution in [-0.4, -0.2) is 29.1 Å². The zero-order valence-electron chi connectivity index (χ0n) is 11.2. The molecule has 1 aromatic heterocycles. The zero-order chi connectivity index (χ0) is 13.5. The minimum absolute atomic E-state index is 0.739. The molecule has 0 unspecified atom stereocenters. The molecule has 0 saturated carbocycles. The van der Waals surface area contributed by atoms with Crippen molar-refractivity contribution in [1.82, 2.24) is 14.8 Å². The van der Waals surface area contributed by atoms with Crippen molar-refractivity contribution < 1.29 is 4.79 Å². The number of aldehydes is 1. The summed E-state index contributed by atoms with van der Waals surface area (Å²) in [5.74, 6) is 0.739. The molecular formula is C14H17N3OSi. The molecular weight excluding hydrogens is 254 g/mol. The van der Waals surface area contributed by atoms with Gasteiger partial charge in [-0.2, -0.15) is 0 Å². The fourth-order valence-electron chi connectivity index (χ4n) is 3.30. The third-order valence-electron chi connectivity index (χ3n) is 4.11. The van der Waals surface area contributed by atoms with Gasteiger partial charge in [0.1, 0.15) is 18.1 Å². The van der Waals surface area contributed by atoms with Crippen LogP contribution in [0.1, 0.15) is 17.3 Å². The highest BCUT2D eigenvalue weighted by atomic mass is 28.3. The molecule has 1 saturated heterocycles. The van der Waals surface area contributed by atoms with Crippen LogP contribution in [0.3, 0.4) is 0 Å². The lowest BCUT2D eigenvalue weighted by molar-refractivity contribution is 0.112. The first-order valence-corrected chi connectivity index (χ1v) is 8.97. The molecule has 4 nitrogen and oxygen atoms in total. The lowest BCUT2D eigenvalue weighted by atomic mass is 10.2. The standard InChI is InChI=1S/C14H17N3OSi/c1-11-8-19(9-11,14-16-15-10-17(14)2)13-5-3-4-12(6-13)7-18/h3-7,10-11H,8-9H2,1-2H3/t11-,19+. The summed E-state index contributed by atoms with van der Waals surface area (Å²) in [7, 11) is 0.243. The molecule has 19 heavy (non-hydrogen) atoms. The highest BCUT2D eigenvalue weighted by molar-refractivity contribution is 7.03. The quantitative estimate of drug-likeness (QED) is 0.614. The topological polar surface area (TPSA) is 47.8 Å². The molecule has 5 heteroatoms. The number of carbonyl (C=O) groups is 1. The molecule has 0 spiro atoms. The van der Waals surface area contributed by atoms with Crippen LogP contribution >= 0.6 is 0 Å². The van der Waals surface area contributed by atoms with Crippen molar-refractivity contribution in [1.29, 1.82) is 0 Å². The Morgan fingerprint density at radius 2 is 2.21 bits per heavy atom. The predicted molar refractivity (Wildman–Crippen MR) is 76.6 cm³/mol. The largest absolute Gasteiger partial charge is 0.324 e. The average molecular weight is 271 g/mol. The third kappa shape index (κ3) is 1.85. The summed E-state index contributed by atoms with van der Waals surface area (Å²) in [4.78, 5) is 11.0. The fourth-order valence-corrected chi connectivity index (χ4v) is 8.50. The van der Waals surface area contributed by atoms with E-state index in [4.69, 9.17) is 0 Å². The lowest BCUT2D eigenvalue weighted by Gasteiger charge is -2.43. The third-order valence-corrected chi connectivity index (χ3v) is 9.62. The second-order valence-electron chi connectivity index (χ2n) is 5.60. The Balaban J connectivity index is 2.11. The van der Waals surface area contributed by atoms with E-state index in [1.807, 2.05) is 29.8 Å². The molecule has 2 heterocycles. The molecule has 0 radical (unpaired) electrons. The number of nitrogens with zero attached hydrogens (tertiary/aromatic N) is 3. The molecule has 0 aliphatic carbocycles. The number of hydrogen-bond donors (Lipinski definition) is 0. The molecule has 1 aliphatic rings. The second kappa shape index (κ2) is 4.42. The van der Waals surface area contributed by atoms with Crippen LogP contribution in [0, 0.1) is 5.92 Å². The van der Waals surface area contributed by atoms with Gasteiger partial charge >= 0.3 is 0 Å². The average Bonchev–Trinajstić information content (AvgIpc) is 2.81. The maximum absolute atomic E-state index is 11.0. The van der Waals surface area contributed by atoms with Crippen molar-refractivity contribution in [2.75, 3.05) is 0 Å². The van der Waals surface area contributed by atoms with Gasteiger partial charge in [0, 0.05) is 12.6 Å². The Bertz CT molecular complexity index is 617. The fraction of sp³-hybridized carbons (Fsp3) is 0.357. The van der Waals surface area contributed by atoms with E-state index in [2.05, 4.69) is 23.2 Å². The SMILES string of the molecule is Cn1cnnc1[Si@]1(c2cccc(C=O)c2)C[C@H](C)C1. The monoisotopic (exact) mass is 271 g/mol.